The molecule has 1 aliphatic rings. The van der Waals surface area contributed by atoms with Crippen molar-refractivity contribution in [2.75, 3.05) is 11.9 Å². The van der Waals surface area contributed by atoms with Gasteiger partial charge in [-0.05, 0) is 31.9 Å². The van der Waals surface area contributed by atoms with E-state index in [9.17, 15) is 4.79 Å². The molecule has 1 aromatic rings. The molecule has 0 spiro atoms. The van der Waals surface area contributed by atoms with Crippen LogP contribution >= 0.6 is 0 Å². The molecule has 3 N–H and O–H groups in total. The highest BCUT2D eigenvalue weighted by molar-refractivity contribution is 5.94. The third-order valence-corrected chi connectivity index (χ3v) is 2.81. The number of carbonyl (C=O) groups is 1. The number of hydrogen-bond donors (Lipinski definition) is 2. The van der Waals surface area contributed by atoms with E-state index in [1.807, 2.05) is 24.3 Å². The van der Waals surface area contributed by atoms with Gasteiger partial charge in [0.25, 0.3) is 0 Å². The fourth-order valence-corrected chi connectivity index (χ4v) is 1.46. The zero-order valence-corrected chi connectivity index (χ0v) is 8.92. The van der Waals surface area contributed by atoms with Crippen LogP contribution in [0.15, 0.2) is 24.3 Å². The highest BCUT2D eigenvalue weighted by atomic mass is 16.1. The van der Waals surface area contributed by atoms with Crippen molar-refractivity contribution < 1.29 is 4.79 Å². The van der Waals surface area contributed by atoms with E-state index in [0.717, 1.165) is 30.6 Å². The molecule has 3 nitrogen and oxygen atoms in total. The van der Waals surface area contributed by atoms with Gasteiger partial charge < -0.3 is 11.1 Å². The van der Waals surface area contributed by atoms with E-state index in [1.54, 1.807) is 6.92 Å². The van der Waals surface area contributed by atoms with Crippen molar-refractivity contribution in [1.82, 2.24) is 0 Å². The van der Waals surface area contributed by atoms with E-state index in [-0.39, 0.29) is 11.3 Å². The van der Waals surface area contributed by atoms with Gasteiger partial charge in [0.2, 0.25) is 0 Å². The topological polar surface area (TPSA) is 55.1 Å². The first-order valence-electron chi connectivity index (χ1n) is 5.23. The number of hydrogen-bond acceptors (Lipinski definition) is 3. The van der Waals surface area contributed by atoms with Gasteiger partial charge >= 0.3 is 0 Å². The first-order chi connectivity index (χ1) is 7.09. The average molecular weight is 204 g/mol. The van der Waals surface area contributed by atoms with E-state index in [4.69, 9.17) is 5.73 Å². The lowest BCUT2D eigenvalue weighted by Gasteiger charge is -2.11. The molecule has 1 saturated carbocycles. The minimum atomic E-state index is -0.00771. The fourth-order valence-electron chi connectivity index (χ4n) is 1.46. The first kappa shape index (κ1) is 10.2. The number of anilines is 1. The predicted octanol–water partition coefficient (Wildman–Crippen LogP) is 1.79. The molecule has 3 heteroatoms. The number of ketones is 1. The van der Waals surface area contributed by atoms with Crippen LogP contribution in [0.2, 0.25) is 0 Å². The summed E-state index contributed by atoms with van der Waals surface area (Å²) in [6.07, 6.45) is 2.18. The molecule has 80 valence electrons. The van der Waals surface area contributed by atoms with Crippen LogP contribution in [-0.4, -0.2) is 17.9 Å². The smallest absolute Gasteiger partial charge is 0.159 e. The Bertz CT molecular complexity index is 383. The van der Waals surface area contributed by atoms with E-state index in [1.165, 1.54) is 0 Å². The summed E-state index contributed by atoms with van der Waals surface area (Å²) in [7, 11) is 0. The Hall–Kier alpha value is -1.35. The summed E-state index contributed by atoms with van der Waals surface area (Å²) in [6, 6.07) is 7.53. The van der Waals surface area contributed by atoms with Crippen LogP contribution in [0.1, 0.15) is 30.1 Å². The summed E-state index contributed by atoms with van der Waals surface area (Å²) in [6.45, 7) is 2.36. The van der Waals surface area contributed by atoms with Crippen LogP contribution < -0.4 is 11.1 Å². The van der Waals surface area contributed by atoms with Gasteiger partial charge in [-0.3, -0.25) is 4.79 Å². The molecule has 1 aliphatic carbocycles. The average Bonchev–Trinajstić information content (AvgIpc) is 2.95. The highest BCUT2D eigenvalue weighted by Gasteiger charge is 2.37. The Morgan fingerprint density at radius 2 is 2.27 bits per heavy atom. The number of Topliss-reactive ketones (excluding diaryl/α,β-unsaturated/α-hetero) is 1. The standard InChI is InChI=1S/C12H16N2O/c1-9(15)10-3-2-4-11(7-10)14-8-12(13)5-6-12/h2-4,7,14H,5-6,8,13H2,1H3. The summed E-state index contributed by atoms with van der Waals surface area (Å²) >= 11 is 0. The highest BCUT2D eigenvalue weighted by Crippen LogP contribution is 2.32. The maximum atomic E-state index is 11.2. The van der Waals surface area contributed by atoms with Gasteiger partial charge in [-0.15, -0.1) is 0 Å². The van der Waals surface area contributed by atoms with Crippen molar-refractivity contribution in [2.24, 2.45) is 5.73 Å². The van der Waals surface area contributed by atoms with Crippen molar-refractivity contribution in [2.45, 2.75) is 25.3 Å². The molecular formula is C12H16N2O. The Balaban J connectivity index is 2.01. The van der Waals surface area contributed by atoms with Crippen molar-refractivity contribution in [3.05, 3.63) is 29.8 Å². The van der Waals surface area contributed by atoms with Gasteiger partial charge in [0.1, 0.15) is 0 Å². The molecule has 1 aromatic carbocycles. The molecule has 15 heavy (non-hydrogen) atoms. The van der Waals surface area contributed by atoms with E-state index >= 15 is 0 Å². The Labute approximate surface area is 89.7 Å². The number of benzene rings is 1. The van der Waals surface area contributed by atoms with Gasteiger partial charge in [0.15, 0.2) is 5.78 Å². The molecule has 0 heterocycles. The molecule has 0 unspecified atom stereocenters. The minimum Gasteiger partial charge on any atom is -0.383 e. The van der Waals surface area contributed by atoms with Crippen molar-refractivity contribution in [3.8, 4) is 0 Å². The van der Waals surface area contributed by atoms with Gasteiger partial charge in [0, 0.05) is 23.3 Å². The molecule has 0 aromatic heterocycles. The SMILES string of the molecule is CC(=O)c1cccc(NCC2(N)CC2)c1. The lowest BCUT2D eigenvalue weighted by molar-refractivity contribution is 0.101. The molecule has 1 fully saturated rings. The normalized spacial score (nSPS) is 17.2. The zero-order valence-electron chi connectivity index (χ0n) is 8.92. The van der Waals surface area contributed by atoms with Crippen LogP contribution in [0.5, 0.6) is 0 Å². The molecule has 0 aliphatic heterocycles. The predicted molar refractivity (Wildman–Crippen MR) is 61.1 cm³/mol. The lowest BCUT2D eigenvalue weighted by Crippen LogP contribution is -2.31. The molecule has 0 bridgehead atoms. The molecular weight excluding hydrogens is 188 g/mol. The second-order valence-corrected chi connectivity index (χ2v) is 4.35. The fraction of sp³-hybridized carbons (Fsp3) is 0.417. The number of nitrogens with one attached hydrogen (secondary N) is 1. The summed E-state index contributed by atoms with van der Waals surface area (Å²) in [4.78, 5) is 11.2. The van der Waals surface area contributed by atoms with E-state index < -0.39 is 0 Å². The second kappa shape index (κ2) is 3.66. The van der Waals surface area contributed by atoms with Gasteiger partial charge in [0.05, 0.1) is 0 Å². The van der Waals surface area contributed by atoms with Crippen molar-refractivity contribution >= 4 is 11.5 Å². The van der Waals surface area contributed by atoms with Crippen LogP contribution in [0, 0.1) is 0 Å². The molecule has 0 amide bonds. The van der Waals surface area contributed by atoms with Gasteiger partial charge in [-0.25, -0.2) is 0 Å². The van der Waals surface area contributed by atoms with Crippen LogP contribution in [0.3, 0.4) is 0 Å². The third-order valence-electron chi connectivity index (χ3n) is 2.81. The summed E-state index contributed by atoms with van der Waals surface area (Å²) in [5.74, 6) is 0.0903. The molecule has 0 saturated heterocycles. The summed E-state index contributed by atoms with van der Waals surface area (Å²) in [5.41, 5.74) is 7.66. The summed E-state index contributed by atoms with van der Waals surface area (Å²) < 4.78 is 0. The maximum absolute atomic E-state index is 11.2. The zero-order chi connectivity index (χ0) is 10.9. The number of carbonyl (C=O) groups excluding carboxylic acids is 1. The van der Waals surface area contributed by atoms with Crippen molar-refractivity contribution in [3.63, 3.8) is 0 Å². The number of nitrogens with two attached hydrogens (primary N) is 1. The summed E-state index contributed by atoms with van der Waals surface area (Å²) in [5, 5.41) is 3.27. The first-order valence-corrected chi connectivity index (χ1v) is 5.23. The Morgan fingerprint density at radius 1 is 1.53 bits per heavy atom. The monoisotopic (exact) mass is 204 g/mol. The Kier molecular flexibility index (Phi) is 2.49. The lowest BCUT2D eigenvalue weighted by atomic mass is 10.1. The second-order valence-electron chi connectivity index (χ2n) is 4.35. The van der Waals surface area contributed by atoms with E-state index in [0.29, 0.717) is 0 Å². The molecule has 0 atom stereocenters. The molecule has 2 rings (SSSR count). The number of rotatable bonds is 4. The van der Waals surface area contributed by atoms with Crippen LogP contribution in [0.25, 0.3) is 0 Å². The molecule has 0 radical (unpaired) electrons. The van der Waals surface area contributed by atoms with Gasteiger partial charge in [-0.1, -0.05) is 12.1 Å². The third kappa shape index (κ3) is 2.57. The largest absolute Gasteiger partial charge is 0.383 e. The van der Waals surface area contributed by atoms with E-state index in [2.05, 4.69) is 5.32 Å². The van der Waals surface area contributed by atoms with Gasteiger partial charge in [-0.2, -0.15) is 0 Å². The maximum Gasteiger partial charge on any atom is 0.159 e. The van der Waals surface area contributed by atoms with Crippen LogP contribution in [-0.2, 0) is 0 Å². The van der Waals surface area contributed by atoms with Crippen molar-refractivity contribution in [1.29, 1.82) is 0 Å². The van der Waals surface area contributed by atoms with Crippen LogP contribution in [0.4, 0.5) is 5.69 Å². The quantitative estimate of drug-likeness (QED) is 0.735. The Morgan fingerprint density at radius 3 is 2.87 bits per heavy atom. The minimum absolute atomic E-state index is 0.00771.